The highest BCUT2D eigenvalue weighted by molar-refractivity contribution is 7.99. The molecular weight excluding hydrogens is 370 g/mol. The number of halogens is 2. The molecule has 2 rings (SSSR count). The van der Waals surface area contributed by atoms with Gasteiger partial charge >= 0.3 is 0 Å². The Bertz CT molecular complexity index is 741. The molecule has 1 amide bonds. The zero-order valence-electron chi connectivity index (χ0n) is 15.6. The molecule has 0 radical (unpaired) electrons. The molecule has 0 spiro atoms. The molecule has 0 fully saturated rings. The molecule has 0 aliphatic carbocycles. The van der Waals surface area contributed by atoms with Gasteiger partial charge in [0.15, 0.2) is 0 Å². The maximum Gasteiger partial charge on any atom is 0.288 e. The molecule has 2 aromatic carbocycles. The number of rotatable bonds is 9. The summed E-state index contributed by atoms with van der Waals surface area (Å²) < 4.78 is 30.0. The Labute approximate surface area is 162 Å². The van der Waals surface area contributed by atoms with Crippen LogP contribution in [0.5, 0.6) is 5.75 Å². The number of likely N-dealkylation sites (N-methyl/N-ethyl adjacent to an activating group) is 1. The molecule has 4 nitrogen and oxygen atoms in total. The van der Waals surface area contributed by atoms with Gasteiger partial charge in [0.1, 0.15) is 5.75 Å². The van der Waals surface area contributed by atoms with E-state index in [1.165, 1.54) is 0 Å². The first-order valence-corrected chi connectivity index (χ1v) is 9.53. The van der Waals surface area contributed by atoms with Crippen LogP contribution in [0.3, 0.4) is 0 Å². The zero-order valence-corrected chi connectivity index (χ0v) is 16.4. The fourth-order valence-electron chi connectivity index (χ4n) is 2.74. The van der Waals surface area contributed by atoms with Crippen molar-refractivity contribution in [1.82, 2.24) is 4.90 Å². The fraction of sp³-hybridized carbons (Fsp3) is 0.350. The van der Waals surface area contributed by atoms with E-state index in [0.717, 1.165) is 11.3 Å². The number of thioether (sulfide) groups is 1. The first-order chi connectivity index (χ1) is 12.9. The van der Waals surface area contributed by atoms with E-state index in [0.29, 0.717) is 28.9 Å². The van der Waals surface area contributed by atoms with Crippen molar-refractivity contribution in [3.05, 3.63) is 54.1 Å². The highest BCUT2D eigenvalue weighted by Crippen LogP contribution is 2.26. The summed E-state index contributed by atoms with van der Waals surface area (Å²) in [5.74, 6) is -1.83. The quantitative estimate of drug-likeness (QED) is 0.606. The average Bonchev–Trinajstić information content (AvgIpc) is 2.66. The molecule has 7 heteroatoms. The number of carbonyl (C=O) groups is 1. The summed E-state index contributed by atoms with van der Waals surface area (Å²) in [4.78, 5) is 14.9. The second-order valence-electron chi connectivity index (χ2n) is 5.97. The fourth-order valence-corrected chi connectivity index (χ4v) is 3.24. The van der Waals surface area contributed by atoms with Crippen LogP contribution in [-0.2, 0) is 4.79 Å². The van der Waals surface area contributed by atoms with Crippen LogP contribution in [0.15, 0.2) is 53.4 Å². The Morgan fingerprint density at radius 2 is 1.93 bits per heavy atom. The molecule has 1 N–H and O–H groups in total. The predicted molar refractivity (Wildman–Crippen MR) is 106 cm³/mol. The van der Waals surface area contributed by atoms with Crippen LogP contribution in [-0.4, -0.2) is 36.8 Å². The van der Waals surface area contributed by atoms with Gasteiger partial charge in [0.2, 0.25) is 5.91 Å². The summed E-state index contributed by atoms with van der Waals surface area (Å²) in [6.45, 7) is 4.97. The minimum absolute atomic E-state index is 0.0423. The predicted octanol–water partition coefficient (Wildman–Crippen LogP) is 5.03. The molecule has 0 heterocycles. The van der Waals surface area contributed by atoms with Crippen molar-refractivity contribution in [2.75, 3.05) is 25.5 Å². The highest BCUT2D eigenvalue weighted by atomic mass is 32.2. The minimum Gasteiger partial charge on any atom is -0.497 e. The smallest absolute Gasteiger partial charge is 0.288 e. The van der Waals surface area contributed by atoms with E-state index in [9.17, 15) is 13.6 Å². The Morgan fingerprint density at radius 1 is 1.22 bits per heavy atom. The van der Waals surface area contributed by atoms with Crippen molar-refractivity contribution >= 4 is 23.4 Å². The lowest BCUT2D eigenvalue weighted by Crippen LogP contribution is -2.35. The molecule has 27 heavy (non-hydrogen) atoms. The maximum absolute atomic E-state index is 12.4. The van der Waals surface area contributed by atoms with Gasteiger partial charge in [0, 0.05) is 16.6 Å². The Hall–Kier alpha value is -2.12. The molecule has 0 saturated carbocycles. The third kappa shape index (κ3) is 6.52. The number of benzene rings is 2. The second kappa shape index (κ2) is 10.3. The van der Waals surface area contributed by atoms with Gasteiger partial charge in [-0.15, -0.1) is 0 Å². The van der Waals surface area contributed by atoms with Crippen LogP contribution in [0, 0.1) is 0 Å². The Kier molecular flexibility index (Phi) is 8.06. The van der Waals surface area contributed by atoms with Gasteiger partial charge in [-0.25, -0.2) is 0 Å². The number of alkyl halides is 2. The van der Waals surface area contributed by atoms with E-state index < -0.39 is 5.76 Å². The van der Waals surface area contributed by atoms with E-state index in [1.807, 2.05) is 43.0 Å². The molecule has 1 unspecified atom stereocenters. The topological polar surface area (TPSA) is 41.6 Å². The number of methoxy groups -OCH3 is 1. The van der Waals surface area contributed by atoms with Crippen LogP contribution in [0.25, 0.3) is 0 Å². The number of amides is 1. The van der Waals surface area contributed by atoms with Crippen molar-refractivity contribution in [3.8, 4) is 5.75 Å². The summed E-state index contributed by atoms with van der Waals surface area (Å²) in [6, 6.07) is 14.2. The van der Waals surface area contributed by atoms with Crippen molar-refractivity contribution in [2.24, 2.45) is 0 Å². The number of nitrogens with zero attached hydrogens (tertiary/aromatic N) is 1. The zero-order chi connectivity index (χ0) is 19.8. The van der Waals surface area contributed by atoms with Crippen LogP contribution in [0.4, 0.5) is 14.5 Å². The largest absolute Gasteiger partial charge is 0.497 e. The third-order valence-corrected chi connectivity index (χ3v) is 4.96. The summed E-state index contributed by atoms with van der Waals surface area (Å²) in [5.41, 5.74) is 1.65. The maximum atomic E-state index is 12.4. The van der Waals surface area contributed by atoms with E-state index in [-0.39, 0.29) is 18.5 Å². The van der Waals surface area contributed by atoms with Crippen LogP contribution in [0.1, 0.15) is 25.5 Å². The normalized spacial score (nSPS) is 12.3. The Morgan fingerprint density at radius 3 is 2.52 bits per heavy atom. The van der Waals surface area contributed by atoms with E-state index in [1.54, 1.807) is 31.4 Å². The summed E-state index contributed by atoms with van der Waals surface area (Å²) in [7, 11) is 1.62. The number of hydrogen-bond donors (Lipinski definition) is 1. The van der Waals surface area contributed by atoms with E-state index in [4.69, 9.17) is 4.74 Å². The molecule has 0 saturated heterocycles. The molecule has 1 atom stereocenters. The molecule has 0 bridgehead atoms. The monoisotopic (exact) mass is 394 g/mol. The Balaban J connectivity index is 1.97. The highest BCUT2D eigenvalue weighted by Gasteiger charge is 2.18. The number of anilines is 1. The number of nitrogens with one attached hydrogen (secondary N) is 1. The number of carbonyl (C=O) groups excluding carboxylic acids is 1. The molecule has 0 aromatic heterocycles. The standard InChI is InChI=1S/C20H24F2N2O2S/c1-4-24(14(2)15-6-5-7-17(12-15)26-3)13-19(25)23-16-8-10-18(11-9-16)27-20(21)22/h5-12,14,20H,4,13H2,1-3H3,(H,23,25). The second-order valence-corrected chi connectivity index (χ2v) is 7.03. The molecule has 0 aliphatic rings. The molecule has 146 valence electrons. The average molecular weight is 394 g/mol. The van der Waals surface area contributed by atoms with Gasteiger partial charge in [0.25, 0.3) is 5.76 Å². The molecular formula is C20H24F2N2O2S. The van der Waals surface area contributed by atoms with Gasteiger partial charge in [-0.3, -0.25) is 9.69 Å². The van der Waals surface area contributed by atoms with Gasteiger partial charge in [0.05, 0.1) is 13.7 Å². The lowest BCUT2D eigenvalue weighted by atomic mass is 10.1. The van der Waals surface area contributed by atoms with Gasteiger partial charge in [-0.1, -0.05) is 30.8 Å². The molecule has 0 aliphatic heterocycles. The van der Waals surface area contributed by atoms with Gasteiger partial charge in [-0.2, -0.15) is 8.78 Å². The lowest BCUT2D eigenvalue weighted by molar-refractivity contribution is -0.117. The van der Waals surface area contributed by atoms with Gasteiger partial charge in [-0.05, 0) is 55.4 Å². The number of ether oxygens (including phenoxy) is 1. The van der Waals surface area contributed by atoms with Crippen molar-refractivity contribution in [1.29, 1.82) is 0 Å². The van der Waals surface area contributed by atoms with Gasteiger partial charge < -0.3 is 10.1 Å². The molecule has 2 aromatic rings. The number of hydrogen-bond acceptors (Lipinski definition) is 4. The SMILES string of the molecule is CCN(CC(=O)Nc1ccc(SC(F)F)cc1)C(C)c1cccc(OC)c1. The summed E-state index contributed by atoms with van der Waals surface area (Å²) >= 11 is 0.480. The van der Waals surface area contributed by atoms with Crippen molar-refractivity contribution < 1.29 is 18.3 Å². The van der Waals surface area contributed by atoms with Crippen LogP contribution in [0.2, 0.25) is 0 Å². The van der Waals surface area contributed by atoms with E-state index >= 15 is 0 Å². The first kappa shape index (κ1) is 21.2. The first-order valence-electron chi connectivity index (χ1n) is 8.65. The van der Waals surface area contributed by atoms with E-state index in [2.05, 4.69) is 5.32 Å². The minimum atomic E-state index is -2.46. The van der Waals surface area contributed by atoms with Crippen molar-refractivity contribution in [2.45, 2.75) is 30.5 Å². The summed E-state index contributed by atoms with van der Waals surface area (Å²) in [5, 5.41) is 2.81. The third-order valence-electron chi connectivity index (χ3n) is 4.24. The van der Waals surface area contributed by atoms with Crippen molar-refractivity contribution in [3.63, 3.8) is 0 Å². The summed E-state index contributed by atoms with van der Waals surface area (Å²) in [6.07, 6.45) is 0. The van der Waals surface area contributed by atoms with Crippen LogP contribution >= 0.6 is 11.8 Å². The lowest BCUT2D eigenvalue weighted by Gasteiger charge is -2.27. The van der Waals surface area contributed by atoms with Crippen LogP contribution < -0.4 is 10.1 Å².